The number of nitrogens with zero attached hydrogens (tertiary/aromatic N) is 7. The predicted molar refractivity (Wildman–Crippen MR) is 125 cm³/mol. The van der Waals surface area contributed by atoms with Crippen LogP contribution in [0.3, 0.4) is 0 Å². The average Bonchev–Trinajstić information content (AvgIpc) is 3.37. The topological polar surface area (TPSA) is 154 Å². The Morgan fingerprint density at radius 1 is 1.09 bits per heavy atom. The number of hydrogen-bond donors (Lipinski definition) is 3. The summed E-state index contributed by atoms with van der Waals surface area (Å²) in [5, 5.41) is 33.4. The van der Waals surface area contributed by atoms with Crippen LogP contribution in [-0.2, 0) is 4.74 Å². The second-order valence-corrected chi connectivity index (χ2v) is 8.03. The van der Waals surface area contributed by atoms with Gasteiger partial charge in [-0.15, -0.1) is 0 Å². The van der Waals surface area contributed by atoms with Crippen molar-refractivity contribution in [3.05, 3.63) is 76.9 Å². The number of azide groups is 1. The Balaban J connectivity index is 1.65. The van der Waals surface area contributed by atoms with Crippen molar-refractivity contribution in [1.82, 2.24) is 19.7 Å². The van der Waals surface area contributed by atoms with Crippen LogP contribution in [0.5, 0.6) is 0 Å². The minimum atomic E-state index is -1.30. The van der Waals surface area contributed by atoms with Crippen molar-refractivity contribution in [2.45, 2.75) is 31.5 Å². The van der Waals surface area contributed by atoms with E-state index in [1.165, 1.54) is 11.0 Å². The smallest absolute Gasteiger partial charge is 0.181 e. The third-order valence-electron chi connectivity index (χ3n) is 5.75. The van der Waals surface area contributed by atoms with Crippen LogP contribution in [0.1, 0.15) is 11.8 Å². The Labute approximate surface area is 194 Å². The van der Waals surface area contributed by atoms with Crippen LogP contribution in [0.15, 0.2) is 66.0 Å². The molecule has 34 heavy (non-hydrogen) atoms. The molecule has 0 unspecified atom stereocenters. The molecule has 4 aromatic rings. The Bertz CT molecular complexity index is 1350. The highest BCUT2D eigenvalue weighted by atomic mass is 16.6. The van der Waals surface area contributed by atoms with Crippen molar-refractivity contribution in [2.24, 2.45) is 5.11 Å². The number of nitrogens with one attached hydrogen (secondary N) is 1. The maximum absolute atomic E-state index is 10.7. The molecule has 3 N–H and O–H groups in total. The first-order valence-electron chi connectivity index (χ1n) is 10.7. The Hall–Kier alpha value is -4.02. The van der Waals surface area contributed by atoms with Crippen LogP contribution in [0.2, 0.25) is 0 Å². The van der Waals surface area contributed by atoms with Crippen molar-refractivity contribution >= 4 is 22.5 Å². The summed E-state index contributed by atoms with van der Waals surface area (Å²) in [6.07, 6.45) is -3.05. The fraction of sp³-hybridized carbons (Fsp3) is 0.261. The molecule has 11 nitrogen and oxygen atoms in total. The SMILES string of the molecule is Cc1ccc(-c2nn([C@@H]3O[C@H](CN=[N+]=[N-])[C@@H](O)[C@H]3O)c3ncnc(Nc4ccccc4)c23)cc1. The van der Waals surface area contributed by atoms with E-state index in [4.69, 9.17) is 15.4 Å². The molecule has 3 heterocycles. The summed E-state index contributed by atoms with van der Waals surface area (Å²) in [5.41, 5.74) is 12.4. The van der Waals surface area contributed by atoms with Gasteiger partial charge in [0.25, 0.3) is 0 Å². The summed E-state index contributed by atoms with van der Waals surface area (Å²) in [7, 11) is 0. The number of aliphatic hydroxyl groups excluding tert-OH is 2. The molecule has 1 fully saturated rings. The average molecular weight is 458 g/mol. The highest BCUT2D eigenvalue weighted by molar-refractivity contribution is 6.00. The van der Waals surface area contributed by atoms with Gasteiger partial charge in [-0.05, 0) is 24.6 Å². The minimum absolute atomic E-state index is 0.120. The largest absolute Gasteiger partial charge is 0.388 e. The van der Waals surface area contributed by atoms with E-state index < -0.39 is 24.5 Å². The highest BCUT2D eigenvalue weighted by Gasteiger charge is 2.44. The van der Waals surface area contributed by atoms with Gasteiger partial charge < -0.3 is 20.3 Å². The zero-order chi connectivity index (χ0) is 23.7. The highest BCUT2D eigenvalue weighted by Crippen LogP contribution is 2.37. The lowest BCUT2D eigenvalue weighted by Crippen LogP contribution is -2.33. The number of fused-ring (bicyclic) bond motifs is 1. The monoisotopic (exact) mass is 458 g/mol. The van der Waals surface area contributed by atoms with Crippen molar-refractivity contribution < 1.29 is 14.9 Å². The van der Waals surface area contributed by atoms with E-state index in [0.29, 0.717) is 22.5 Å². The number of aliphatic hydroxyl groups is 2. The lowest BCUT2D eigenvalue weighted by Gasteiger charge is -2.15. The number of anilines is 2. The molecule has 2 aromatic carbocycles. The van der Waals surface area contributed by atoms with Gasteiger partial charge in [0.2, 0.25) is 0 Å². The van der Waals surface area contributed by atoms with E-state index in [2.05, 4.69) is 25.3 Å². The summed E-state index contributed by atoms with van der Waals surface area (Å²) in [6.45, 7) is 1.88. The van der Waals surface area contributed by atoms with Crippen LogP contribution < -0.4 is 5.32 Å². The number of aryl methyl sites for hydroxylation is 1. The van der Waals surface area contributed by atoms with E-state index in [1.54, 1.807) is 0 Å². The standard InChI is InChI=1S/C23H22N8O3/c1-13-7-9-14(10-8-13)18-17-21(28-15-5-3-2-4-6-15)25-12-26-22(17)31(29-18)23-20(33)19(32)16(34-23)11-27-30-24/h2-10,12,16,19-20,23,32-33H,11H2,1H3,(H,25,26,28)/t16-,19-,20-,23-/m1/s1. The van der Waals surface area contributed by atoms with Gasteiger partial charge in [0.05, 0.1) is 18.0 Å². The van der Waals surface area contributed by atoms with Crippen LogP contribution in [0.25, 0.3) is 32.7 Å². The maximum Gasteiger partial charge on any atom is 0.181 e. The van der Waals surface area contributed by atoms with Gasteiger partial charge in [-0.2, -0.15) is 5.10 Å². The molecule has 4 atom stereocenters. The summed E-state index contributed by atoms with van der Waals surface area (Å²) in [6, 6.07) is 17.5. The molecule has 0 saturated carbocycles. The van der Waals surface area contributed by atoms with Crippen LogP contribution in [0, 0.1) is 6.92 Å². The van der Waals surface area contributed by atoms with Crippen molar-refractivity contribution in [2.75, 3.05) is 11.9 Å². The maximum atomic E-state index is 10.7. The first kappa shape index (κ1) is 21.8. The van der Waals surface area contributed by atoms with Crippen LogP contribution >= 0.6 is 0 Å². The number of ether oxygens (including phenoxy) is 1. The van der Waals surface area contributed by atoms with Crippen LogP contribution in [0.4, 0.5) is 11.5 Å². The quantitative estimate of drug-likeness (QED) is 0.227. The summed E-state index contributed by atoms with van der Waals surface area (Å²) in [5.74, 6) is 0.539. The summed E-state index contributed by atoms with van der Waals surface area (Å²) in [4.78, 5) is 11.6. The fourth-order valence-corrected chi connectivity index (χ4v) is 4.02. The first-order chi connectivity index (χ1) is 16.6. The molecular weight excluding hydrogens is 436 g/mol. The van der Waals surface area contributed by atoms with Gasteiger partial charge in [-0.25, -0.2) is 14.6 Å². The zero-order valence-electron chi connectivity index (χ0n) is 18.2. The third-order valence-corrected chi connectivity index (χ3v) is 5.75. The van der Waals surface area contributed by atoms with Gasteiger partial charge in [0.1, 0.15) is 30.0 Å². The Morgan fingerprint density at radius 3 is 2.59 bits per heavy atom. The lowest BCUT2D eigenvalue weighted by atomic mass is 10.1. The normalized spacial score (nSPS) is 22.0. The molecule has 0 radical (unpaired) electrons. The second kappa shape index (κ2) is 9.08. The van der Waals surface area contributed by atoms with Crippen molar-refractivity contribution in [1.29, 1.82) is 0 Å². The fourth-order valence-electron chi connectivity index (χ4n) is 4.02. The second-order valence-electron chi connectivity index (χ2n) is 8.03. The van der Waals surface area contributed by atoms with Gasteiger partial charge in [0, 0.05) is 16.2 Å². The molecule has 2 aromatic heterocycles. The molecule has 0 bridgehead atoms. The predicted octanol–water partition coefficient (Wildman–Crippen LogP) is 3.47. The molecule has 0 amide bonds. The molecule has 0 aliphatic carbocycles. The number of hydrogen-bond acceptors (Lipinski definition) is 8. The lowest BCUT2D eigenvalue weighted by molar-refractivity contribution is -0.0391. The molecule has 172 valence electrons. The molecule has 1 aliphatic heterocycles. The van der Waals surface area contributed by atoms with E-state index in [9.17, 15) is 10.2 Å². The summed E-state index contributed by atoms with van der Waals surface area (Å²) < 4.78 is 7.31. The van der Waals surface area contributed by atoms with Crippen molar-refractivity contribution in [3.8, 4) is 11.3 Å². The number of aromatic nitrogens is 4. The third kappa shape index (κ3) is 3.93. The molecular formula is C23H22N8O3. The molecule has 0 spiro atoms. The number of para-hydroxylation sites is 1. The van der Waals surface area contributed by atoms with E-state index in [0.717, 1.165) is 16.8 Å². The molecule has 1 aliphatic rings. The van der Waals surface area contributed by atoms with Gasteiger partial charge >= 0.3 is 0 Å². The zero-order valence-corrected chi connectivity index (χ0v) is 18.2. The van der Waals surface area contributed by atoms with Crippen molar-refractivity contribution in [3.63, 3.8) is 0 Å². The van der Waals surface area contributed by atoms with E-state index >= 15 is 0 Å². The van der Waals surface area contributed by atoms with Crippen LogP contribution in [-0.4, -0.2) is 54.8 Å². The van der Waals surface area contributed by atoms with E-state index in [-0.39, 0.29) is 6.54 Å². The van der Waals surface area contributed by atoms with Gasteiger partial charge in [-0.3, -0.25) is 0 Å². The summed E-state index contributed by atoms with van der Waals surface area (Å²) >= 11 is 0. The first-order valence-corrected chi connectivity index (χ1v) is 10.7. The van der Waals surface area contributed by atoms with Gasteiger partial charge in [0.15, 0.2) is 11.9 Å². The van der Waals surface area contributed by atoms with E-state index in [1.807, 2.05) is 61.5 Å². The Morgan fingerprint density at radius 2 is 1.85 bits per heavy atom. The number of rotatable bonds is 6. The van der Waals surface area contributed by atoms with Gasteiger partial charge in [-0.1, -0.05) is 53.1 Å². The Kier molecular flexibility index (Phi) is 5.83. The minimum Gasteiger partial charge on any atom is -0.388 e. The molecule has 5 rings (SSSR count). The number of benzene rings is 2. The molecule has 1 saturated heterocycles. The molecule has 11 heteroatoms.